The van der Waals surface area contributed by atoms with Crippen molar-refractivity contribution in [2.24, 2.45) is 0 Å². The summed E-state index contributed by atoms with van der Waals surface area (Å²) < 4.78 is 63.2. The normalized spacial score (nSPS) is 7.78. The van der Waals surface area contributed by atoms with Crippen LogP contribution in [0.2, 0.25) is 0 Å². The molecule has 0 saturated carbocycles. The van der Waals surface area contributed by atoms with Gasteiger partial charge in [-0.15, -0.1) is 0 Å². The minimum Gasteiger partial charge on any atom is -0.264 e. The van der Waals surface area contributed by atoms with Crippen molar-refractivity contribution in [1.29, 1.82) is 0 Å². The van der Waals surface area contributed by atoms with Gasteiger partial charge in [-0.25, -0.2) is 0 Å². The molecule has 0 atom stereocenters. The van der Waals surface area contributed by atoms with Crippen LogP contribution < -0.4 is 0 Å². The number of hydrogen-bond donors (Lipinski definition) is 4. The zero-order valence-electron chi connectivity index (χ0n) is 12.2. The largest absolute Gasteiger partial charge is 0.394 e. The Bertz CT molecular complexity index is 221. The molecular formula is C8H28O8S2. The van der Waals surface area contributed by atoms with Crippen molar-refractivity contribution in [3.05, 3.63) is 0 Å². The average molecular weight is 316 g/mol. The van der Waals surface area contributed by atoms with E-state index in [2.05, 4.69) is 0 Å². The van der Waals surface area contributed by atoms with Gasteiger partial charge in [0.05, 0.1) is 0 Å². The maximum atomic E-state index is 8.74. The van der Waals surface area contributed by atoms with Crippen LogP contribution in [0.4, 0.5) is 0 Å². The Morgan fingerprint density at radius 3 is 0.444 bits per heavy atom. The first kappa shape index (κ1) is 36.1. The van der Waals surface area contributed by atoms with Crippen molar-refractivity contribution < 1.29 is 35.0 Å². The molecule has 10 heteroatoms. The van der Waals surface area contributed by atoms with Crippen LogP contribution in [0.15, 0.2) is 0 Å². The van der Waals surface area contributed by atoms with Crippen LogP contribution in [0.3, 0.4) is 0 Å². The molecular weight excluding hydrogens is 288 g/mol. The molecule has 18 heavy (non-hydrogen) atoms. The van der Waals surface area contributed by atoms with Gasteiger partial charge in [0, 0.05) is 0 Å². The summed E-state index contributed by atoms with van der Waals surface area (Å²) >= 11 is 0. The highest BCUT2D eigenvalue weighted by atomic mass is 32.3. The van der Waals surface area contributed by atoms with Gasteiger partial charge in [0.2, 0.25) is 0 Å². The van der Waals surface area contributed by atoms with Gasteiger partial charge in [-0.3, -0.25) is 18.2 Å². The lowest BCUT2D eigenvalue weighted by molar-refractivity contribution is 0.378. The second kappa shape index (κ2) is 30.1. The summed E-state index contributed by atoms with van der Waals surface area (Å²) in [5.74, 6) is 0. The highest BCUT2D eigenvalue weighted by Gasteiger charge is 1.85. The second-order valence-corrected chi connectivity index (χ2v) is 2.69. The van der Waals surface area contributed by atoms with E-state index in [1.165, 1.54) is 0 Å². The lowest BCUT2D eigenvalue weighted by Crippen LogP contribution is -1.89. The smallest absolute Gasteiger partial charge is 0.264 e. The van der Waals surface area contributed by atoms with E-state index in [9.17, 15) is 0 Å². The highest BCUT2D eigenvalue weighted by Crippen LogP contribution is 1.59. The quantitative estimate of drug-likeness (QED) is 0.498. The van der Waals surface area contributed by atoms with Crippen LogP contribution in [0.1, 0.15) is 55.4 Å². The molecule has 0 bridgehead atoms. The van der Waals surface area contributed by atoms with Crippen molar-refractivity contribution in [3.8, 4) is 0 Å². The van der Waals surface area contributed by atoms with E-state index in [1.807, 2.05) is 55.4 Å². The molecule has 0 radical (unpaired) electrons. The van der Waals surface area contributed by atoms with Crippen molar-refractivity contribution in [2.75, 3.05) is 0 Å². The lowest BCUT2D eigenvalue weighted by atomic mass is 11.0. The average Bonchev–Trinajstić information content (AvgIpc) is 2.24. The summed E-state index contributed by atoms with van der Waals surface area (Å²) in [6.07, 6.45) is 0. The summed E-state index contributed by atoms with van der Waals surface area (Å²) in [4.78, 5) is 0. The Hall–Kier alpha value is -0.260. The first-order chi connectivity index (χ1) is 8.00. The molecule has 0 amide bonds. The van der Waals surface area contributed by atoms with Crippen LogP contribution in [0.5, 0.6) is 0 Å². The van der Waals surface area contributed by atoms with Crippen LogP contribution in [-0.2, 0) is 20.8 Å². The molecule has 0 aromatic rings. The summed E-state index contributed by atoms with van der Waals surface area (Å²) in [7, 11) is -9.33. The van der Waals surface area contributed by atoms with Crippen LogP contribution >= 0.6 is 0 Å². The highest BCUT2D eigenvalue weighted by molar-refractivity contribution is 7.80. The molecule has 0 aliphatic heterocycles. The van der Waals surface area contributed by atoms with Crippen molar-refractivity contribution in [1.82, 2.24) is 0 Å². The zero-order chi connectivity index (χ0) is 17.0. The topological polar surface area (TPSA) is 149 Å². The molecule has 8 nitrogen and oxygen atoms in total. The third kappa shape index (κ3) is 50600. The van der Waals surface area contributed by atoms with Gasteiger partial charge >= 0.3 is 20.8 Å². The number of hydrogen-bond acceptors (Lipinski definition) is 4. The van der Waals surface area contributed by atoms with Crippen molar-refractivity contribution >= 4 is 20.8 Å². The summed E-state index contributed by atoms with van der Waals surface area (Å²) in [6, 6.07) is 0. The zero-order valence-corrected chi connectivity index (χ0v) is 13.9. The minimum atomic E-state index is -4.67. The van der Waals surface area contributed by atoms with E-state index in [0.717, 1.165) is 0 Å². The maximum Gasteiger partial charge on any atom is 0.394 e. The molecule has 0 saturated heterocycles. The Labute approximate surface area is 112 Å². The van der Waals surface area contributed by atoms with Crippen LogP contribution in [-0.4, -0.2) is 35.0 Å². The van der Waals surface area contributed by atoms with Gasteiger partial charge in [-0.1, -0.05) is 55.4 Å². The van der Waals surface area contributed by atoms with Gasteiger partial charge < -0.3 is 0 Å². The molecule has 0 aromatic heterocycles. The maximum absolute atomic E-state index is 8.74. The first-order valence-corrected chi connectivity index (χ1v) is 8.19. The molecule has 0 unspecified atom stereocenters. The summed E-state index contributed by atoms with van der Waals surface area (Å²) in [5.41, 5.74) is 0. The summed E-state index contributed by atoms with van der Waals surface area (Å²) in [6.45, 7) is 16.0. The first-order valence-electron chi connectivity index (χ1n) is 5.40. The fraction of sp³-hybridized carbons (Fsp3) is 1.00. The predicted molar refractivity (Wildman–Crippen MR) is 73.7 cm³/mol. The van der Waals surface area contributed by atoms with Crippen LogP contribution in [0, 0.1) is 0 Å². The molecule has 0 rings (SSSR count). The molecule has 0 aliphatic carbocycles. The monoisotopic (exact) mass is 316 g/mol. The van der Waals surface area contributed by atoms with Gasteiger partial charge in [0.25, 0.3) is 0 Å². The molecule has 0 aromatic carbocycles. The SMILES string of the molecule is CC.CC.CC.CC.O=S(=O)(O)O.O=S(=O)(O)O. The Kier molecular flexibility index (Phi) is 60.3. The van der Waals surface area contributed by atoms with E-state index in [4.69, 9.17) is 35.0 Å². The Morgan fingerprint density at radius 1 is 0.444 bits per heavy atom. The van der Waals surface area contributed by atoms with Crippen molar-refractivity contribution in [2.45, 2.75) is 55.4 Å². The third-order valence-corrected chi connectivity index (χ3v) is 0. The fourth-order valence-electron chi connectivity index (χ4n) is 0. The molecule has 0 spiro atoms. The van der Waals surface area contributed by atoms with Crippen molar-refractivity contribution in [3.63, 3.8) is 0 Å². The molecule has 4 N–H and O–H groups in total. The van der Waals surface area contributed by atoms with Gasteiger partial charge in [0.1, 0.15) is 0 Å². The van der Waals surface area contributed by atoms with E-state index in [1.54, 1.807) is 0 Å². The molecule has 0 aliphatic rings. The fourth-order valence-corrected chi connectivity index (χ4v) is 0. The third-order valence-electron chi connectivity index (χ3n) is 0. The minimum absolute atomic E-state index is 2.00. The van der Waals surface area contributed by atoms with Crippen LogP contribution in [0.25, 0.3) is 0 Å². The molecule has 0 fully saturated rings. The molecule has 120 valence electrons. The van der Waals surface area contributed by atoms with Gasteiger partial charge in [-0.05, 0) is 0 Å². The Balaban J connectivity index is -0.0000000260. The van der Waals surface area contributed by atoms with Gasteiger partial charge in [-0.2, -0.15) is 16.8 Å². The standard InChI is InChI=1S/4C2H6.2H2O4S/c4*1-2;2*1-5(2,3)4/h4*1-2H3;2*(H2,1,2,3,4). The van der Waals surface area contributed by atoms with E-state index in [0.29, 0.717) is 0 Å². The predicted octanol–water partition coefficient (Wildman–Crippen LogP) is 2.80. The van der Waals surface area contributed by atoms with E-state index in [-0.39, 0.29) is 0 Å². The van der Waals surface area contributed by atoms with E-state index < -0.39 is 20.8 Å². The van der Waals surface area contributed by atoms with Gasteiger partial charge in [0.15, 0.2) is 0 Å². The Morgan fingerprint density at radius 2 is 0.444 bits per heavy atom. The summed E-state index contributed by atoms with van der Waals surface area (Å²) in [5, 5.41) is 0. The number of rotatable bonds is 0. The second-order valence-electron chi connectivity index (χ2n) is 0.896. The van der Waals surface area contributed by atoms with E-state index >= 15 is 0 Å². The lowest BCUT2D eigenvalue weighted by Gasteiger charge is -1.68. The molecule has 0 heterocycles.